The van der Waals surface area contributed by atoms with Gasteiger partial charge in [-0.3, -0.25) is 4.99 Å². The minimum atomic E-state index is 0.214. The van der Waals surface area contributed by atoms with Gasteiger partial charge in [-0.15, -0.1) is 0 Å². The summed E-state index contributed by atoms with van der Waals surface area (Å²) in [5.74, 6) is 0.926. The monoisotopic (exact) mass is 313 g/mol. The second-order valence-electron chi connectivity index (χ2n) is 5.88. The zero-order valence-electron chi connectivity index (χ0n) is 14.0. The standard InChI is InChI=1S/C19H24N2O2/c1-21(2)17(11-15-7-5-4-6-8-15)14-20-13-16-12-18(23-3)9-10-19(16)22/h4-10,12-13,17,22H,11,14H2,1-3H3/p+1/t17-/m0/s1. The van der Waals surface area contributed by atoms with E-state index in [9.17, 15) is 5.11 Å². The number of quaternary nitrogens is 1. The molecule has 0 aliphatic heterocycles. The van der Waals surface area contributed by atoms with E-state index >= 15 is 0 Å². The Hall–Kier alpha value is -2.33. The van der Waals surface area contributed by atoms with Gasteiger partial charge in [0, 0.05) is 18.2 Å². The Labute approximate surface area is 138 Å². The Morgan fingerprint density at radius 3 is 2.57 bits per heavy atom. The van der Waals surface area contributed by atoms with Gasteiger partial charge in [0.05, 0.1) is 27.7 Å². The van der Waals surface area contributed by atoms with Gasteiger partial charge in [-0.05, 0) is 23.8 Å². The fourth-order valence-electron chi connectivity index (χ4n) is 2.39. The molecule has 4 nitrogen and oxygen atoms in total. The third-order valence-corrected chi connectivity index (χ3v) is 3.93. The zero-order chi connectivity index (χ0) is 16.7. The molecule has 0 aliphatic carbocycles. The van der Waals surface area contributed by atoms with Crippen LogP contribution in [-0.2, 0) is 6.42 Å². The maximum Gasteiger partial charge on any atom is 0.124 e. The lowest BCUT2D eigenvalue weighted by Gasteiger charge is -2.19. The normalized spacial score (nSPS) is 12.7. The SMILES string of the molecule is COc1ccc(O)c(C=NC[C@H](Cc2ccccc2)[NH+](C)C)c1. The first-order chi connectivity index (χ1) is 11.1. The summed E-state index contributed by atoms with van der Waals surface area (Å²) in [7, 11) is 5.90. The molecule has 4 heteroatoms. The van der Waals surface area contributed by atoms with Crippen LogP contribution in [0.1, 0.15) is 11.1 Å². The van der Waals surface area contributed by atoms with E-state index in [4.69, 9.17) is 4.74 Å². The van der Waals surface area contributed by atoms with Gasteiger partial charge in [0.15, 0.2) is 0 Å². The minimum absolute atomic E-state index is 0.214. The highest BCUT2D eigenvalue weighted by molar-refractivity contribution is 5.84. The summed E-state index contributed by atoms with van der Waals surface area (Å²) in [6.45, 7) is 0.702. The van der Waals surface area contributed by atoms with Crippen LogP contribution in [0.4, 0.5) is 0 Å². The third-order valence-electron chi connectivity index (χ3n) is 3.93. The molecule has 23 heavy (non-hydrogen) atoms. The Balaban J connectivity index is 2.04. The second kappa shape index (κ2) is 8.34. The number of methoxy groups -OCH3 is 1. The minimum Gasteiger partial charge on any atom is -0.507 e. The summed E-state index contributed by atoms with van der Waals surface area (Å²) < 4.78 is 5.18. The van der Waals surface area contributed by atoms with Gasteiger partial charge >= 0.3 is 0 Å². The number of benzene rings is 2. The molecule has 0 saturated carbocycles. The molecular formula is C19H25N2O2+. The Morgan fingerprint density at radius 1 is 1.17 bits per heavy atom. The summed E-state index contributed by atoms with van der Waals surface area (Å²) in [5.41, 5.74) is 2.00. The van der Waals surface area contributed by atoms with Crippen molar-refractivity contribution in [3.63, 3.8) is 0 Å². The number of hydrogen-bond acceptors (Lipinski definition) is 3. The molecule has 2 aromatic carbocycles. The quantitative estimate of drug-likeness (QED) is 0.762. The Bertz CT molecular complexity index is 639. The highest BCUT2D eigenvalue weighted by Gasteiger charge is 2.14. The van der Waals surface area contributed by atoms with Crippen LogP contribution in [-0.4, -0.2) is 45.1 Å². The molecule has 0 amide bonds. The lowest BCUT2D eigenvalue weighted by molar-refractivity contribution is -0.883. The van der Waals surface area contributed by atoms with Gasteiger partial charge in [0.2, 0.25) is 0 Å². The van der Waals surface area contributed by atoms with E-state index in [-0.39, 0.29) is 5.75 Å². The van der Waals surface area contributed by atoms with Crippen LogP contribution >= 0.6 is 0 Å². The number of likely N-dealkylation sites (N-methyl/N-ethyl adjacent to an activating group) is 1. The number of rotatable bonds is 7. The summed E-state index contributed by atoms with van der Waals surface area (Å²) in [5, 5.41) is 9.89. The summed E-state index contributed by atoms with van der Waals surface area (Å²) >= 11 is 0. The number of aliphatic imine (C=N–C) groups is 1. The van der Waals surface area contributed by atoms with Gasteiger partial charge in [-0.25, -0.2) is 0 Å². The molecule has 122 valence electrons. The highest BCUT2D eigenvalue weighted by Crippen LogP contribution is 2.21. The number of phenolic OH excluding ortho intramolecular Hbond substituents is 1. The molecule has 0 unspecified atom stereocenters. The predicted molar refractivity (Wildman–Crippen MR) is 93.9 cm³/mol. The fourth-order valence-corrected chi connectivity index (χ4v) is 2.39. The zero-order valence-corrected chi connectivity index (χ0v) is 14.0. The summed E-state index contributed by atoms with van der Waals surface area (Å²) in [6.07, 6.45) is 2.70. The van der Waals surface area contributed by atoms with Crippen molar-refractivity contribution in [2.24, 2.45) is 4.99 Å². The number of nitrogens with one attached hydrogen (secondary N) is 1. The first-order valence-electron chi connectivity index (χ1n) is 7.81. The van der Waals surface area contributed by atoms with Gasteiger partial charge in [-0.2, -0.15) is 0 Å². The van der Waals surface area contributed by atoms with Crippen LogP contribution < -0.4 is 9.64 Å². The lowest BCUT2D eigenvalue weighted by Crippen LogP contribution is -3.11. The third kappa shape index (κ3) is 5.11. The average Bonchev–Trinajstić information content (AvgIpc) is 2.56. The van der Waals surface area contributed by atoms with Gasteiger partial charge in [0.25, 0.3) is 0 Å². The predicted octanol–water partition coefficient (Wildman–Crippen LogP) is 1.58. The van der Waals surface area contributed by atoms with E-state index in [1.54, 1.807) is 31.5 Å². The highest BCUT2D eigenvalue weighted by atomic mass is 16.5. The van der Waals surface area contributed by atoms with Crippen molar-refractivity contribution in [1.29, 1.82) is 0 Å². The maximum absolute atomic E-state index is 9.89. The van der Waals surface area contributed by atoms with Crippen LogP contribution in [0.5, 0.6) is 11.5 Å². The van der Waals surface area contributed by atoms with E-state index in [0.717, 1.165) is 6.42 Å². The molecule has 0 aromatic heterocycles. The van der Waals surface area contributed by atoms with Crippen molar-refractivity contribution in [3.05, 3.63) is 59.7 Å². The van der Waals surface area contributed by atoms with Crippen molar-refractivity contribution < 1.29 is 14.7 Å². The molecule has 0 radical (unpaired) electrons. The smallest absolute Gasteiger partial charge is 0.124 e. The number of nitrogens with zero attached hydrogens (tertiary/aromatic N) is 1. The first kappa shape index (κ1) is 17.0. The number of ether oxygens (including phenoxy) is 1. The van der Waals surface area contributed by atoms with E-state index < -0.39 is 0 Å². The molecule has 0 spiro atoms. The average molecular weight is 313 g/mol. The largest absolute Gasteiger partial charge is 0.507 e. The molecule has 0 heterocycles. The fraction of sp³-hybridized carbons (Fsp3) is 0.316. The van der Waals surface area contributed by atoms with Gasteiger partial charge in [-0.1, -0.05) is 30.3 Å². The molecule has 2 aromatic rings. The van der Waals surface area contributed by atoms with Crippen molar-refractivity contribution >= 4 is 6.21 Å². The summed E-state index contributed by atoms with van der Waals surface area (Å²) in [4.78, 5) is 5.90. The van der Waals surface area contributed by atoms with Crippen molar-refractivity contribution in [1.82, 2.24) is 0 Å². The molecular weight excluding hydrogens is 288 g/mol. The van der Waals surface area contributed by atoms with E-state index in [2.05, 4.69) is 43.4 Å². The van der Waals surface area contributed by atoms with Crippen LogP contribution in [0, 0.1) is 0 Å². The molecule has 0 fully saturated rings. The van der Waals surface area contributed by atoms with E-state index in [0.29, 0.717) is 23.9 Å². The molecule has 2 N–H and O–H groups in total. The molecule has 0 aliphatic rings. The lowest BCUT2D eigenvalue weighted by atomic mass is 10.1. The van der Waals surface area contributed by atoms with E-state index in [1.807, 2.05) is 6.07 Å². The molecule has 0 saturated heterocycles. The van der Waals surface area contributed by atoms with E-state index in [1.165, 1.54) is 10.5 Å². The Morgan fingerprint density at radius 2 is 1.91 bits per heavy atom. The maximum atomic E-state index is 9.89. The molecule has 2 rings (SSSR count). The van der Waals surface area contributed by atoms with Crippen LogP contribution in [0.2, 0.25) is 0 Å². The van der Waals surface area contributed by atoms with Crippen LogP contribution in [0.25, 0.3) is 0 Å². The first-order valence-corrected chi connectivity index (χ1v) is 7.81. The van der Waals surface area contributed by atoms with Crippen molar-refractivity contribution in [2.45, 2.75) is 12.5 Å². The molecule has 0 bridgehead atoms. The van der Waals surface area contributed by atoms with Crippen molar-refractivity contribution in [3.8, 4) is 11.5 Å². The van der Waals surface area contributed by atoms with Crippen LogP contribution in [0.15, 0.2) is 53.5 Å². The molecule has 1 atom stereocenters. The van der Waals surface area contributed by atoms with Crippen molar-refractivity contribution in [2.75, 3.05) is 27.7 Å². The number of hydrogen-bond donors (Lipinski definition) is 2. The number of phenols is 1. The van der Waals surface area contributed by atoms with Crippen LogP contribution in [0.3, 0.4) is 0 Å². The van der Waals surface area contributed by atoms with Gasteiger partial charge < -0.3 is 14.7 Å². The second-order valence-corrected chi connectivity index (χ2v) is 5.88. The summed E-state index contributed by atoms with van der Waals surface area (Å²) in [6, 6.07) is 16.0. The Kier molecular flexibility index (Phi) is 6.18. The number of aromatic hydroxyl groups is 1. The topological polar surface area (TPSA) is 46.3 Å². The van der Waals surface area contributed by atoms with Gasteiger partial charge in [0.1, 0.15) is 17.5 Å².